The molecule has 0 unspecified atom stereocenters. The van der Waals surface area contributed by atoms with E-state index >= 15 is 0 Å². The van der Waals surface area contributed by atoms with E-state index in [0.29, 0.717) is 5.41 Å². The predicted octanol–water partition coefficient (Wildman–Crippen LogP) is 3.99. The molecule has 2 heteroatoms. The van der Waals surface area contributed by atoms with Crippen LogP contribution in [0, 0.1) is 11.3 Å². The van der Waals surface area contributed by atoms with E-state index in [2.05, 4.69) is 31.4 Å². The predicted molar refractivity (Wildman–Crippen MR) is 78.8 cm³/mol. The third kappa shape index (κ3) is 3.89. The van der Waals surface area contributed by atoms with Crippen LogP contribution in [0.4, 0.5) is 0 Å². The van der Waals surface area contributed by atoms with Gasteiger partial charge in [-0.15, -0.1) is 0 Å². The van der Waals surface area contributed by atoms with Crippen molar-refractivity contribution in [3.63, 3.8) is 0 Å². The van der Waals surface area contributed by atoms with Gasteiger partial charge in [0.2, 0.25) is 0 Å². The van der Waals surface area contributed by atoms with Gasteiger partial charge in [0.25, 0.3) is 0 Å². The lowest BCUT2D eigenvalue weighted by atomic mass is 9.87. The number of hydrogen-bond acceptors (Lipinski definition) is 2. The van der Waals surface area contributed by atoms with Crippen molar-refractivity contribution in [1.82, 2.24) is 4.90 Å². The Labute approximate surface area is 113 Å². The number of thiol groups is 1. The molecular weight excluding hydrogens is 226 g/mol. The van der Waals surface area contributed by atoms with Crippen molar-refractivity contribution >= 4 is 12.6 Å². The normalized spacial score (nSPS) is 23.8. The van der Waals surface area contributed by atoms with Gasteiger partial charge < -0.3 is 0 Å². The maximum atomic E-state index is 4.65. The fourth-order valence-corrected chi connectivity index (χ4v) is 3.59. The average molecular weight is 255 g/mol. The molecule has 0 bridgehead atoms. The minimum absolute atomic E-state index is 0.558. The van der Waals surface area contributed by atoms with Crippen molar-refractivity contribution < 1.29 is 0 Å². The molecule has 100 valence electrons. The Bertz CT molecular complexity index is 229. The van der Waals surface area contributed by atoms with Crippen LogP contribution in [0.15, 0.2) is 0 Å². The topological polar surface area (TPSA) is 3.24 Å². The summed E-state index contributed by atoms with van der Waals surface area (Å²) in [4.78, 5) is 2.79. The van der Waals surface area contributed by atoms with Crippen LogP contribution in [0.3, 0.4) is 0 Å². The summed E-state index contributed by atoms with van der Waals surface area (Å²) in [6.07, 6.45) is 9.95. The fourth-order valence-electron chi connectivity index (χ4n) is 3.18. The van der Waals surface area contributed by atoms with Crippen molar-refractivity contribution in [2.24, 2.45) is 11.3 Å². The van der Waals surface area contributed by atoms with Crippen LogP contribution in [-0.4, -0.2) is 29.8 Å². The summed E-state index contributed by atoms with van der Waals surface area (Å²) >= 11 is 4.65. The molecule has 0 aromatic rings. The third-order valence-electron chi connectivity index (χ3n) is 4.60. The number of nitrogens with zero attached hydrogens (tertiary/aromatic N) is 1. The highest BCUT2D eigenvalue weighted by atomic mass is 32.1. The molecule has 0 N–H and O–H groups in total. The lowest BCUT2D eigenvalue weighted by Crippen LogP contribution is -2.39. The van der Waals surface area contributed by atoms with Gasteiger partial charge in [0, 0.05) is 12.6 Å². The van der Waals surface area contributed by atoms with Gasteiger partial charge in [0.05, 0.1) is 0 Å². The molecular formula is C15H29NS. The molecule has 1 nitrogen and oxygen atoms in total. The summed E-state index contributed by atoms with van der Waals surface area (Å²) in [6.45, 7) is 7.33. The van der Waals surface area contributed by atoms with E-state index in [4.69, 9.17) is 0 Å². The van der Waals surface area contributed by atoms with Gasteiger partial charge in [-0.2, -0.15) is 12.6 Å². The lowest BCUT2D eigenvalue weighted by molar-refractivity contribution is 0.157. The maximum absolute atomic E-state index is 4.65. The van der Waals surface area contributed by atoms with E-state index in [1.165, 1.54) is 58.0 Å². The Morgan fingerprint density at radius 1 is 1.24 bits per heavy atom. The van der Waals surface area contributed by atoms with E-state index in [9.17, 15) is 0 Å². The first-order chi connectivity index (χ1) is 8.15. The highest BCUT2D eigenvalue weighted by Crippen LogP contribution is 2.41. The first-order valence-corrected chi connectivity index (χ1v) is 8.13. The second-order valence-corrected chi connectivity index (χ2v) is 7.07. The quantitative estimate of drug-likeness (QED) is 0.673. The SMILES string of the molecule is CC(C)CCN(CC1(CS)CCCC1)C1CC1. The molecule has 2 aliphatic carbocycles. The van der Waals surface area contributed by atoms with Crippen molar-refractivity contribution in [3.05, 3.63) is 0 Å². The second-order valence-electron chi connectivity index (χ2n) is 6.75. The minimum atomic E-state index is 0.558. The zero-order chi connectivity index (χ0) is 12.3. The molecule has 2 saturated carbocycles. The summed E-state index contributed by atoms with van der Waals surface area (Å²) in [5.74, 6) is 1.93. The monoisotopic (exact) mass is 255 g/mol. The molecule has 0 aromatic heterocycles. The molecule has 0 atom stereocenters. The van der Waals surface area contributed by atoms with Crippen LogP contribution in [0.25, 0.3) is 0 Å². The van der Waals surface area contributed by atoms with E-state index < -0.39 is 0 Å². The summed E-state index contributed by atoms with van der Waals surface area (Å²) in [5.41, 5.74) is 0.558. The van der Waals surface area contributed by atoms with Gasteiger partial charge in [-0.1, -0.05) is 26.7 Å². The third-order valence-corrected chi connectivity index (χ3v) is 5.27. The molecule has 17 heavy (non-hydrogen) atoms. The average Bonchev–Trinajstić information content (AvgIpc) is 3.05. The zero-order valence-corrected chi connectivity index (χ0v) is 12.5. The Kier molecular flexibility index (Phi) is 4.82. The van der Waals surface area contributed by atoms with Crippen molar-refractivity contribution in [3.8, 4) is 0 Å². The van der Waals surface area contributed by atoms with Gasteiger partial charge in [-0.3, -0.25) is 4.90 Å². The second kappa shape index (κ2) is 5.97. The molecule has 0 aliphatic heterocycles. The van der Waals surface area contributed by atoms with Crippen molar-refractivity contribution in [2.45, 2.75) is 64.8 Å². The molecule has 2 aliphatic rings. The Morgan fingerprint density at radius 3 is 2.35 bits per heavy atom. The molecule has 0 aromatic carbocycles. The number of rotatable bonds is 7. The molecule has 0 amide bonds. The van der Waals surface area contributed by atoms with Crippen LogP contribution in [0.2, 0.25) is 0 Å². The molecule has 0 radical (unpaired) electrons. The maximum Gasteiger partial charge on any atom is 0.00966 e. The molecule has 0 spiro atoms. The Morgan fingerprint density at radius 2 is 1.88 bits per heavy atom. The standard InChI is InChI=1S/C15H29NS/c1-13(2)7-10-16(14-5-6-14)11-15(12-17)8-3-4-9-15/h13-14,17H,3-12H2,1-2H3. The number of hydrogen-bond donors (Lipinski definition) is 1. The van der Waals surface area contributed by atoms with Crippen LogP contribution in [-0.2, 0) is 0 Å². The van der Waals surface area contributed by atoms with Crippen LogP contribution in [0.5, 0.6) is 0 Å². The van der Waals surface area contributed by atoms with Crippen molar-refractivity contribution in [2.75, 3.05) is 18.8 Å². The zero-order valence-electron chi connectivity index (χ0n) is 11.6. The lowest BCUT2D eigenvalue weighted by Gasteiger charge is -2.35. The Balaban J connectivity index is 1.87. The van der Waals surface area contributed by atoms with E-state index in [-0.39, 0.29) is 0 Å². The summed E-state index contributed by atoms with van der Waals surface area (Å²) < 4.78 is 0. The summed E-state index contributed by atoms with van der Waals surface area (Å²) in [6, 6.07) is 0.922. The van der Waals surface area contributed by atoms with Gasteiger partial charge in [-0.25, -0.2) is 0 Å². The van der Waals surface area contributed by atoms with Gasteiger partial charge in [0.15, 0.2) is 0 Å². The van der Waals surface area contributed by atoms with E-state index in [1.807, 2.05) is 0 Å². The summed E-state index contributed by atoms with van der Waals surface area (Å²) in [7, 11) is 0. The van der Waals surface area contributed by atoms with E-state index in [1.54, 1.807) is 0 Å². The first-order valence-electron chi connectivity index (χ1n) is 7.50. The molecule has 2 fully saturated rings. The highest BCUT2D eigenvalue weighted by molar-refractivity contribution is 7.80. The van der Waals surface area contributed by atoms with E-state index in [0.717, 1.165) is 17.7 Å². The molecule has 0 heterocycles. The van der Waals surface area contributed by atoms with Gasteiger partial charge in [0.1, 0.15) is 0 Å². The first kappa shape index (κ1) is 13.7. The fraction of sp³-hybridized carbons (Fsp3) is 1.00. The van der Waals surface area contributed by atoms with Gasteiger partial charge >= 0.3 is 0 Å². The minimum Gasteiger partial charge on any atom is -0.300 e. The largest absolute Gasteiger partial charge is 0.300 e. The van der Waals surface area contributed by atoms with Crippen LogP contribution in [0.1, 0.15) is 58.8 Å². The van der Waals surface area contributed by atoms with Crippen LogP contribution >= 0.6 is 12.6 Å². The van der Waals surface area contributed by atoms with Gasteiger partial charge in [-0.05, 0) is 55.7 Å². The summed E-state index contributed by atoms with van der Waals surface area (Å²) in [5, 5.41) is 0. The molecule has 0 saturated heterocycles. The highest BCUT2D eigenvalue weighted by Gasteiger charge is 2.38. The van der Waals surface area contributed by atoms with Crippen molar-refractivity contribution in [1.29, 1.82) is 0 Å². The smallest absolute Gasteiger partial charge is 0.00966 e. The van der Waals surface area contributed by atoms with Crippen LogP contribution < -0.4 is 0 Å². The molecule has 2 rings (SSSR count). The Hall–Kier alpha value is 0.310.